The molecule has 2 atom stereocenters. The van der Waals surface area contributed by atoms with Crippen molar-refractivity contribution in [3.8, 4) is 0 Å². The third-order valence-electron chi connectivity index (χ3n) is 5.00. The van der Waals surface area contributed by atoms with Gasteiger partial charge in [0.2, 0.25) is 0 Å². The Labute approximate surface area is 144 Å². The van der Waals surface area contributed by atoms with Gasteiger partial charge in [-0.3, -0.25) is 5.32 Å². The van der Waals surface area contributed by atoms with Gasteiger partial charge in [-0.1, -0.05) is 75.2 Å². The molecule has 1 nitrogen and oxygen atoms in total. The van der Waals surface area contributed by atoms with Crippen LogP contribution in [0.4, 0.5) is 0 Å². The molecule has 0 amide bonds. The van der Waals surface area contributed by atoms with E-state index in [0.717, 1.165) is 5.75 Å². The van der Waals surface area contributed by atoms with Crippen LogP contribution in [0.2, 0.25) is 0 Å². The van der Waals surface area contributed by atoms with Crippen molar-refractivity contribution in [2.24, 2.45) is 0 Å². The second-order valence-corrected chi connectivity index (χ2v) is 7.57. The molecule has 0 aromatic heterocycles. The predicted molar refractivity (Wildman–Crippen MR) is 101 cm³/mol. The second kappa shape index (κ2) is 7.55. The second-order valence-electron chi connectivity index (χ2n) is 6.55. The Hall–Kier alpha value is -1.25. The maximum absolute atomic E-state index is 4.07. The molecular weight excluding hydrogens is 298 g/mol. The normalized spacial score (nSPS) is 24.0. The molecule has 1 heterocycles. The third kappa shape index (κ3) is 3.64. The minimum atomic E-state index is 0.222. The fraction of sp³-hybridized carbons (Fsp3) is 0.429. The van der Waals surface area contributed by atoms with Gasteiger partial charge in [0.25, 0.3) is 0 Å². The minimum absolute atomic E-state index is 0.222. The lowest BCUT2D eigenvalue weighted by molar-refractivity contribution is 0.298. The van der Waals surface area contributed by atoms with Crippen molar-refractivity contribution in [2.75, 3.05) is 5.75 Å². The quantitative estimate of drug-likeness (QED) is 0.744. The van der Waals surface area contributed by atoms with Crippen LogP contribution in [-0.4, -0.2) is 11.3 Å². The zero-order chi connectivity index (χ0) is 16.1. The van der Waals surface area contributed by atoms with E-state index in [0.29, 0.717) is 6.04 Å². The highest BCUT2D eigenvalue weighted by Crippen LogP contribution is 2.40. The standard InChI is InChI=1S/C21H27NS/c1-3-5-15-21(4-2)16-23-19-14-10-9-13-18(19)20(22-21)17-11-7-6-8-12-17/h6-14,20,22H,3-5,15-16H2,1-2H3/t20-,21+/m0/s1. The summed E-state index contributed by atoms with van der Waals surface area (Å²) in [5.74, 6) is 1.16. The Morgan fingerprint density at radius 3 is 2.52 bits per heavy atom. The monoisotopic (exact) mass is 325 g/mol. The molecule has 2 heteroatoms. The first-order valence-corrected chi connectivity index (χ1v) is 9.81. The number of hydrogen-bond donors (Lipinski definition) is 1. The van der Waals surface area contributed by atoms with Gasteiger partial charge in [-0.2, -0.15) is 0 Å². The Morgan fingerprint density at radius 1 is 1.04 bits per heavy atom. The van der Waals surface area contributed by atoms with Crippen molar-refractivity contribution in [3.05, 3.63) is 65.7 Å². The van der Waals surface area contributed by atoms with Crippen LogP contribution in [-0.2, 0) is 0 Å². The highest BCUT2D eigenvalue weighted by molar-refractivity contribution is 7.99. The summed E-state index contributed by atoms with van der Waals surface area (Å²) in [5, 5.41) is 4.07. The van der Waals surface area contributed by atoms with Crippen LogP contribution in [0.15, 0.2) is 59.5 Å². The van der Waals surface area contributed by atoms with Crippen LogP contribution >= 0.6 is 11.8 Å². The summed E-state index contributed by atoms with van der Waals surface area (Å²) in [6.07, 6.45) is 4.98. The summed E-state index contributed by atoms with van der Waals surface area (Å²) >= 11 is 2.03. The van der Waals surface area contributed by atoms with Crippen LogP contribution in [0.5, 0.6) is 0 Å². The number of fused-ring (bicyclic) bond motifs is 1. The highest BCUT2D eigenvalue weighted by atomic mass is 32.2. The topological polar surface area (TPSA) is 12.0 Å². The molecule has 0 unspecified atom stereocenters. The molecule has 0 fully saturated rings. The van der Waals surface area contributed by atoms with E-state index >= 15 is 0 Å². The van der Waals surface area contributed by atoms with Crippen molar-refractivity contribution in [3.63, 3.8) is 0 Å². The summed E-state index contributed by atoms with van der Waals surface area (Å²) in [4.78, 5) is 1.43. The van der Waals surface area contributed by atoms with Gasteiger partial charge in [0.15, 0.2) is 0 Å². The molecule has 2 aromatic carbocycles. The zero-order valence-electron chi connectivity index (χ0n) is 14.2. The van der Waals surface area contributed by atoms with Gasteiger partial charge in [0, 0.05) is 16.2 Å². The average Bonchev–Trinajstić information content (AvgIpc) is 2.79. The lowest BCUT2D eigenvalue weighted by atomic mass is 9.88. The largest absolute Gasteiger partial charge is 0.300 e. The van der Waals surface area contributed by atoms with Crippen molar-refractivity contribution in [1.82, 2.24) is 5.32 Å². The van der Waals surface area contributed by atoms with E-state index in [-0.39, 0.29) is 5.54 Å². The first kappa shape index (κ1) is 16.6. The fourth-order valence-corrected chi connectivity index (χ4v) is 4.83. The van der Waals surface area contributed by atoms with Crippen LogP contribution in [0, 0.1) is 0 Å². The molecule has 3 rings (SSSR count). The smallest absolute Gasteiger partial charge is 0.0592 e. The molecule has 0 spiro atoms. The summed E-state index contributed by atoms with van der Waals surface area (Å²) in [5.41, 5.74) is 3.02. The van der Waals surface area contributed by atoms with Gasteiger partial charge in [-0.25, -0.2) is 0 Å². The Morgan fingerprint density at radius 2 is 1.78 bits per heavy atom. The first-order valence-electron chi connectivity index (χ1n) is 8.82. The molecule has 1 N–H and O–H groups in total. The molecule has 0 saturated carbocycles. The lowest BCUT2D eigenvalue weighted by Gasteiger charge is -2.36. The number of thioether (sulfide) groups is 1. The number of benzene rings is 2. The SMILES string of the molecule is CCCC[C@]1(CC)CSc2ccccc2[C@H](c2ccccc2)N1. The average molecular weight is 326 g/mol. The predicted octanol–water partition coefficient (Wildman–Crippen LogP) is 5.81. The van der Waals surface area contributed by atoms with Gasteiger partial charge >= 0.3 is 0 Å². The summed E-state index contributed by atoms with van der Waals surface area (Å²) in [6, 6.07) is 20.1. The molecular formula is C21H27NS. The van der Waals surface area contributed by atoms with Gasteiger partial charge in [0.05, 0.1) is 6.04 Å². The molecule has 122 valence electrons. The van der Waals surface area contributed by atoms with E-state index < -0.39 is 0 Å². The van der Waals surface area contributed by atoms with Gasteiger partial charge in [-0.15, -0.1) is 11.8 Å². The van der Waals surface area contributed by atoms with E-state index in [4.69, 9.17) is 0 Å². The molecule has 0 radical (unpaired) electrons. The van der Waals surface area contributed by atoms with Crippen molar-refractivity contribution < 1.29 is 0 Å². The van der Waals surface area contributed by atoms with Crippen LogP contribution in [0.25, 0.3) is 0 Å². The van der Waals surface area contributed by atoms with Crippen LogP contribution in [0.1, 0.15) is 56.7 Å². The summed E-state index contributed by atoms with van der Waals surface area (Å²) in [6.45, 7) is 4.62. The number of hydrogen-bond acceptors (Lipinski definition) is 2. The Bertz CT molecular complexity index is 625. The first-order chi connectivity index (χ1) is 11.3. The number of unbranched alkanes of at least 4 members (excludes halogenated alkanes) is 1. The molecule has 0 aliphatic carbocycles. The van der Waals surface area contributed by atoms with Crippen molar-refractivity contribution >= 4 is 11.8 Å². The molecule has 0 bridgehead atoms. The van der Waals surface area contributed by atoms with Crippen molar-refractivity contribution in [1.29, 1.82) is 0 Å². The van der Waals surface area contributed by atoms with Gasteiger partial charge in [0.1, 0.15) is 0 Å². The minimum Gasteiger partial charge on any atom is -0.300 e. The van der Waals surface area contributed by atoms with E-state index in [9.17, 15) is 0 Å². The molecule has 0 saturated heterocycles. The summed E-state index contributed by atoms with van der Waals surface area (Å²) < 4.78 is 0. The zero-order valence-corrected chi connectivity index (χ0v) is 15.0. The van der Waals surface area contributed by atoms with E-state index in [1.165, 1.54) is 41.7 Å². The molecule has 23 heavy (non-hydrogen) atoms. The Balaban J connectivity index is 2.01. The maximum Gasteiger partial charge on any atom is 0.0592 e. The number of rotatable bonds is 5. The fourth-order valence-electron chi connectivity index (χ4n) is 3.44. The lowest BCUT2D eigenvalue weighted by Crippen LogP contribution is -2.48. The molecule has 2 aromatic rings. The van der Waals surface area contributed by atoms with E-state index in [2.05, 4.69) is 73.8 Å². The Kier molecular flexibility index (Phi) is 5.45. The van der Waals surface area contributed by atoms with Crippen molar-refractivity contribution in [2.45, 2.75) is 56.0 Å². The molecule has 1 aliphatic rings. The third-order valence-corrected chi connectivity index (χ3v) is 6.38. The summed E-state index contributed by atoms with van der Waals surface area (Å²) in [7, 11) is 0. The van der Waals surface area contributed by atoms with E-state index in [1.54, 1.807) is 0 Å². The highest BCUT2D eigenvalue weighted by Gasteiger charge is 2.35. The molecule has 1 aliphatic heterocycles. The van der Waals surface area contributed by atoms with Crippen LogP contribution < -0.4 is 5.32 Å². The van der Waals surface area contributed by atoms with Gasteiger partial charge < -0.3 is 0 Å². The van der Waals surface area contributed by atoms with Crippen LogP contribution in [0.3, 0.4) is 0 Å². The van der Waals surface area contributed by atoms with E-state index in [1.807, 2.05) is 11.8 Å². The van der Waals surface area contributed by atoms with Gasteiger partial charge in [-0.05, 0) is 30.0 Å². The maximum atomic E-state index is 4.07. The number of nitrogens with one attached hydrogen (secondary N) is 1.